The number of amides is 2. The van der Waals surface area contributed by atoms with E-state index in [1.165, 1.54) is 0 Å². The number of hydrogen-bond acceptors (Lipinski definition) is 5. The molecule has 0 aliphatic heterocycles. The number of nitriles is 1. The van der Waals surface area contributed by atoms with Gasteiger partial charge in [0.05, 0.1) is 18.2 Å². The summed E-state index contributed by atoms with van der Waals surface area (Å²) < 4.78 is 11.2. The highest BCUT2D eigenvalue weighted by Gasteiger charge is 2.31. The van der Waals surface area contributed by atoms with Gasteiger partial charge in [0.1, 0.15) is 11.2 Å². The topological polar surface area (TPSA) is 79.6 Å². The van der Waals surface area contributed by atoms with Crippen LogP contribution in [0, 0.1) is 11.3 Å². The van der Waals surface area contributed by atoms with Crippen molar-refractivity contribution in [2.45, 2.75) is 59.3 Å². The van der Waals surface area contributed by atoms with Gasteiger partial charge < -0.3 is 9.47 Å². The van der Waals surface area contributed by atoms with Gasteiger partial charge in [-0.2, -0.15) is 5.26 Å². The minimum Gasteiger partial charge on any atom is -0.443 e. The molecule has 0 saturated carbocycles. The maximum Gasteiger partial charge on any atom is 0.420 e. The van der Waals surface area contributed by atoms with Crippen molar-refractivity contribution in [2.24, 2.45) is 0 Å². The molecule has 0 atom stereocenters. The monoisotopic (exact) mass is 410 g/mol. The van der Waals surface area contributed by atoms with Gasteiger partial charge in [0.25, 0.3) is 0 Å². The second-order valence-corrected chi connectivity index (χ2v) is 8.32. The third-order valence-electron chi connectivity index (χ3n) is 2.74. The van der Waals surface area contributed by atoms with Gasteiger partial charge in [0, 0.05) is 4.47 Å². The maximum atomic E-state index is 12.5. The van der Waals surface area contributed by atoms with Crippen molar-refractivity contribution in [2.75, 3.05) is 0 Å². The molecule has 6 nitrogen and oxygen atoms in total. The van der Waals surface area contributed by atoms with Crippen molar-refractivity contribution >= 4 is 28.1 Å². The van der Waals surface area contributed by atoms with Crippen molar-refractivity contribution in [1.29, 1.82) is 5.26 Å². The molecular formula is C18H23BrN2O4. The van der Waals surface area contributed by atoms with Crippen molar-refractivity contribution in [3.8, 4) is 6.07 Å². The highest BCUT2D eigenvalue weighted by molar-refractivity contribution is 9.10. The number of halogens is 1. The van der Waals surface area contributed by atoms with Gasteiger partial charge in [0.2, 0.25) is 0 Å². The first kappa shape index (κ1) is 21.0. The van der Waals surface area contributed by atoms with Crippen LogP contribution in [0.4, 0.5) is 9.59 Å². The van der Waals surface area contributed by atoms with Crippen LogP contribution in [0.1, 0.15) is 52.7 Å². The zero-order valence-corrected chi connectivity index (χ0v) is 16.9. The second kappa shape index (κ2) is 7.87. The van der Waals surface area contributed by atoms with Crippen LogP contribution >= 0.6 is 15.9 Å². The van der Waals surface area contributed by atoms with E-state index in [1.807, 2.05) is 6.07 Å². The Morgan fingerprint density at radius 1 is 1.08 bits per heavy atom. The average Bonchev–Trinajstić information content (AvgIpc) is 2.41. The SMILES string of the molecule is CC(C)(C)OC(=O)N(Cc1ccc(C#N)cc1Br)C(=O)OC(C)(C)C. The number of carbonyl (C=O) groups excluding carboxylic acids is 2. The minimum absolute atomic E-state index is 0.0455. The second-order valence-electron chi connectivity index (χ2n) is 7.46. The molecule has 0 bridgehead atoms. The smallest absolute Gasteiger partial charge is 0.420 e. The van der Waals surface area contributed by atoms with Gasteiger partial charge >= 0.3 is 12.2 Å². The molecule has 1 rings (SSSR count). The van der Waals surface area contributed by atoms with Gasteiger partial charge in [-0.25, -0.2) is 14.5 Å². The summed E-state index contributed by atoms with van der Waals surface area (Å²) >= 11 is 3.36. The maximum absolute atomic E-state index is 12.5. The van der Waals surface area contributed by atoms with E-state index in [0.717, 1.165) is 4.90 Å². The largest absolute Gasteiger partial charge is 0.443 e. The Labute approximate surface area is 156 Å². The lowest BCUT2D eigenvalue weighted by Crippen LogP contribution is -2.43. The van der Waals surface area contributed by atoms with Crippen LogP contribution in [-0.4, -0.2) is 28.3 Å². The molecule has 0 radical (unpaired) electrons. The van der Waals surface area contributed by atoms with Gasteiger partial charge in [-0.15, -0.1) is 0 Å². The number of carbonyl (C=O) groups is 2. The van der Waals surface area contributed by atoms with Crippen LogP contribution in [-0.2, 0) is 16.0 Å². The molecule has 1 aromatic carbocycles. The first-order valence-electron chi connectivity index (χ1n) is 7.74. The molecule has 25 heavy (non-hydrogen) atoms. The third kappa shape index (κ3) is 7.14. The Morgan fingerprint density at radius 2 is 1.56 bits per heavy atom. The first-order valence-corrected chi connectivity index (χ1v) is 8.54. The Balaban J connectivity index is 3.12. The lowest BCUT2D eigenvalue weighted by atomic mass is 10.1. The first-order chi connectivity index (χ1) is 11.3. The molecule has 0 N–H and O–H groups in total. The molecule has 0 heterocycles. The van der Waals surface area contributed by atoms with E-state index in [9.17, 15) is 9.59 Å². The van der Waals surface area contributed by atoms with Crippen LogP contribution in [0.2, 0.25) is 0 Å². The number of nitrogens with zero attached hydrogens (tertiary/aromatic N) is 2. The van der Waals surface area contributed by atoms with Crippen molar-refractivity contribution in [1.82, 2.24) is 4.90 Å². The summed E-state index contributed by atoms with van der Waals surface area (Å²) in [5, 5.41) is 8.94. The van der Waals surface area contributed by atoms with E-state index in [1.54, 1.807) is 59.7 Å². The number of rotatable bonds is 2. The third-order valence-corrected chi connectivity index (χ3v) is 3.48. The zero-order valence-electron chi connectivity index (χ0n) is 15.3. The summed E-state index contributed by atoms with van der Waals surface area (Å²) in [6, 6.07) is 6.94. The summed E-state index contributed by atoms with van der Waals surface area (Å²) in [5.74, 6) is 0. The molecule has 7 heteroatoms. The van der Waals surface area contributed by atoms with E-state index in [0.29, 0.717) is 15.6 Å². The summed E-state index contributed by atoms with van der Waals surface area (Å²) in [4.78, 5) is 25.8. The highest BCUT2D eigenvalue weighted by Crippen LogP contribution is 2.23. The Bertz CT molecular complexity index is 668. The van der Waals surface area contributed by atoms with Crippen LogP contribution in [0.3, 0.4) is 0 Å². The van der Waals surface area contributed by atoms with E-state index >= 15 is 0 Å². The molecule has 0 fully saturated rings. The summed E-state index contributed by atoms with van der Waals surface area (Å²) in [6.07, 6.45) is -1.59. The van der Waals surface area contributed by atoms with Crippen molar-refractivity contribution in [3.63, 3.8) is 0 Å². The van der Waals surface area contributed by atoms with Gasteiger partial charge in [-0.1, -0.05) is 22.0 Å². The lowest BCUT2D eigenvalue weighted by Gasteiger charge is -2.28. The number of imide groups is 1. The van der Waals surface area contributed by atoms with E-state index in [2.05, 4.69) is 15.9 Å². The fraction of sp³-hybridized carbons (Fsp3) is 0.500. The van der Waals surface area contributed by atoms with Gasteiger partial charge in [-0.3, -0.25) is 0 Å². The highest BCUT2D eigenvalue weighted by atomic mass is 79.9. The zero-order chi connectivity index (χ0) is 19.4. The minimum atomic E-state index is -0.794. The average molecular weight is 411 g/mol. The van der Waals surface area contributed by atoms with Crippen LogP contribution in [0.25, 0.3) is 0 Å². The molecule has 0 aliphatic rings. The molecule has 1 aromatic rings. The molecule has 2 amide bonds. The molecule has 0 spiro atoms. The Hall–Kier alpha value is -2.07. The van der Waals surface area contributed by atoms with E-state index in [-0.39, 0.29) is 6.54 Å². The van der Waals surface area contributed by atoms with Gasteiger partial charge in [0.15, 0.2) is 0 Å². The summed E-state index contributed by atoms with van der Waals surface area (Å²) in [7, 11) is 0. The Morgan fingerprint density at radius 3 is 1.92 bits per heavy atom. The molecule has 136 valence electrons. The standard InChI is InChI=1S/C18H23BrN2O4/c1-17(2,3)24-15(22)21(16(23)25-18(4,5)6)11-13-8-7-12(10-20)9-14(13)19/h7-9H,11H2,1-6H3. The number of ether oxygens (including phenoxy) is 2. The van der Waals surface area contributed by atoms with E-state index < -0.39 is 23.4 Å². The van der Waals surface area contributed by atoms with E-state index in [4.69, 9.17) is 14.7 Å². The molecule has 0 aliphatic carbocycles. The number of hydrogen-bond donors (Lipinski definition) is 0. The molecule has 0 aromatic heterocycles. The van der Waals surface area contributed by atoms with Crippen LogP contribution in [0.15, 0.2) is 22.7 Å². The Kier molecular flexibility index (Phi) is 6.61. The fourth-order valence-electron chi connectivity index (χ4n) is 1.75. The number of benzene rings is 1. The molecule has 0 saturated heterocycles. The normalized spacial score (nSPS) is 11.4. The quantitative estimate of drug-likeness (QED) is 0.685. The fourth-order valence-corrected chi connectivity index (χ4v) is 2.26. The van der Waals surface area contributed by atoms with Crippen LogP contribution < -0.4 is 0 Å². The lowest BCUT2D eigenvalue weighted by molar-refractivity contribution is -0.000278. The predicted octanol–water partition coefficient (Wildman–Crippen LogP) is 4.99. The molecular weight excluding hydrogens is 388 g/mol. The van der Waals surface area contributed by atoms with Crippen molar-refractivity contribution < 1.29 is 19.1 Å². The summed E-state index contributed by atoms with van der Waals surface area (Å²) in [6.45, 7) is 10.3. The summed E-state index contributed by atoms with van der Waals surface area (Å²) in [5.41, 5.74) is -0.384. The molecule has 0 unspecified atom stereocenters. The van der Waals surface area contributed by atoms with Gasteiger partial charge in [-0.05, 0) is 59.2 Å². The van der Waals surface area contributed by atoms with Crippen LogP contribution in [0.5, 0.6) is 0 Å². The predicted molar refractivity (Wildman–Crippen MR) is 96.9 cm³/mol. The van der Waals surface area contributed by atoms with Crippen molar-refractivity contribution in [3.05, 3.63) is 33.8 Å².